The Balaban J connectivity index is 2.23. The summed E-state index contributed by atoms with van der Waals surface area (Å²) in [6, 6.07) is 1.65. The lowest BCUT2D eigenvalue weighted by atomic mass is 10.0. The molecule has 1 aliphatic heterocycles. The van der Waals surface area contributed by atoms with Crippen molar-refractivity contribution in [2.45, 2.75) is 38.0 Å². The van der Waals surface area contributed by atoms with Crippen molar-refractivity contribution in [1.82, 2.24) is 9.47 Å². The van der Waals surface area contributed by atoms with Crippen LogP contribution in [-0.4, -0.2) is 45.2 Å². The van der Waals surface area contributed by atoms with Gasteiger partial charge in [-0.1, -0.05) is 0 Å². The third kappa shape index (κ3) is 3.56. The van der Waals surface area contributed by atoms with Gasteiger partial charge in [-0.05, 0) is 31.4 Å². The van der Waals surface area contributed by atoms with Crippen LogP contribution in [0.4, 0.5) is 13.2 Å². The molecule has 1 aliphatic rings. The molecule has 116 valence electrons. The zero-order valence-electron chi connectivity index (χ0n) is 11.1. The molecule has 0 aliphatic carbocycles. The van der Waals surface area contributed by atoms with Crippen molar-refractivity contribution in [3.8, 4) is 0 Å². The van der Waals surface area contributed by atoms with Crippen molar-refractivity contribution in [2.75, 3.05) is 6.54 Å². The molecule has 8 heteroatoms. The molecule has 5 nitrogen and oxygen atoms in total. The summed E-state index contributed by atoms with van der Waals surface area (Å²) < 4.78 is 38.2. The highest BCUT2D eigenvalue weighted by atomic mass is 19.4. The van der Waals surface area contributed by atoms with E-state index in [0.717, 1.165) is 9.47 Å². The molecule has 1 aromatic rings. The lowest BCUT2D eigenvalue weighted by molar-refractivity contribution is -0.144. The Morgan fingerprint density at radius 3 is 2.67 bits per heavy atom. The number of likely N-dealkylation sites (tertiary alicyclic amines) is 1. The molecule has 1 saturated heterocycles. The van der Waals surface area contributed by atoms with E-state index in [1.165, 1.54) is 18.3 Å². The Bertz CT molecular complexity index is 539. The van der Waals surface area contributed by atoms with Crippen LogP contribution in [0.15, 0.2) is 18.3 Å². The van der Waals surface area contributed by atoms with Gasteiger partial charge in [0, 0.05) is 12.7 Å². The second-order valence-corrected chi connectivity index (χ2v) is 4.98. The topological polar surface area (TPSA) is 62.5 Å². The summed E-state index contributed by atoms with van der Waals surface area (Å²) in [5.74, 6) is -1.80. The molecule has 21 heavy (non-hydrogen) atoms. The van der Waals surface area contributed by atoms with E-state index in [9.17, 15) is 22.8 Å². The quantitative estimate of drug-likeness (QED) is 0.930. The number of carboxylic acid groups (broad SMARTS) is 1. The lowest BCUT2D eigenvalue weighted by Gasteiger charge is -2.33. The first-order chi connectivity index (χ1) is 9.79. The molecule has 0 radical (unpaired) electrons. The van der Waals surface area contributed by atoms with Crippen LogP contribution in [0.1, 0.15) is 29.8 Å². The molecule has 1 atom stereocenters. The van der Waals surface area contributed by atoms with Crippen molar-refractivity contribution in [1.29, 1.82) is 0 Å². The molecule has 1 aromatic heterocycles. The standard InChI is InChI=1S/C13H15F3N2O3/c14-13(15,16)8-17-6-3-5-9(17)11(19)18-7-2-1-4-10(18)12(20)21/h3,5-6,10H,1-2,4,7-8H2,(H,20,21). The van der Waals surface area contributed by atoms with Gasteiger partial charge in [-0.25, -0.2) is 4.79 Å². The minimum atomic E-state index is -4.44. The van der Waals surface area contributed by atoms with E-state index in [4.69, 9.17) is 5.11 Å². The summed E-state index contributed by atoms with van der Waals surface area (Å²) in [6.45, 7) is -1.03. The number of alkyl halides is 3. The number of amides is 1. The third-order valence-electron chi connectivity index (χ3n) is 3.45. The van der Waals surface area contributed by atoms with Crippen LogP contribution < -0.4 is 0 Å². The number of nitrogens with zero attached hydrogens (tertiary/aromatic N) is 2. The number of carbonyl (C=O) groups excluding carboxylic acids is 1. The maximum Gasteiger partial charge on any atom is 0.406 e. The normalized spacial score (nSPS) is 19.6. The van der Waals surface area contributed by atoms with Gasteiger partial charge in [0.25, 0.3) is 5.91 Å². The number of rotatable bonds is 3. The van der Waals surface area contributed by atoms with Crippen LogP contribution in [0, 0.1) is 0 Å². The Morgan fingerprint density at radius 1 is 1.33 bits per heavy atom. The van der Waals surface area contributed by atoms with E-state index >= 15 is 0 Å². The predicted molar refractivity (Wildman–Crippen MR) is 66.8 cm³/mol. The Hall–Kier alpha value is -1.99. The molecule has 1 amide bonds. The largest absolute Gasteiger partial charge is 0.480 e. The van der Waals surface area contributed by atoms with Crippen LogP contribution in [0.2, 0.25) is 0 Å². The number of piperidine rings is 1. The van der Waals surface area contributed by atoms with Crippen LogP contribution in [0.3, 0.4) is 0 Å². The highest BCUT2D eigenvalue weighted by Gasteiger charge is 2.35. The Morgan fingerprint density at radius 2 is 2.05 bits per heavy atom. The van der Waals surface area contributed by atoms with E-state index in [0.29, 0.717) is 19.3 Å². The molecule has 0 bridgehead atoms. The van der Waals surface area contributed by atoms with Gasteiger partial charge in [0.15, 0.2) is 0 Å². The smallest absolute Gasteiger partial charge is 0.406 e. The van der Waals surface area contributed by atoms with E-state index in [2.05, 4.69) is 0 Å². The number of halogens is 3. The summed E-state index contributed by atoms with van der Waals surface area (Å²) in [5.41, 5.74) is -0.138. The van der Waals surface area contributed by atoms with Gasteiger partial charge in [0.2, 0.25) is 0 Å². The van der Waals surface area contributed by atoms with Gasteiger partial charge in [-0.2, -0.15) is 13.2 Å². The van der Waals surface area contributed by atoms with E-state index in [-0.39, 0.29) is 12.2 Å². The van der Waals surface area contributed by atoms with Gasteiger partial charge in [0.05, 0.1) is 0 Å². The van der Waals surface area contributed by atoms with Gasteiger partial charge in [0.1, 0.15) is 18.3 Å². The number of hydrogen-bond donors (Lipinski definition) is 1. The first-order valence-electron chi connectivity index (χ1n) is 6.55. The number of aromatic nitrogens is 1. The van der Waals surface area contributed by atoms with Crippen molar-refractivity contribution in [3.63, 3.8) is 0 Å². The number of carboxylic acids is 1. The summed E-state index contributed by atoms with van der Waals surface area (Å²) in [5, 5.41) is 9.13. The zero-order valence-corrected chi connectivity index (χ0v) is 11.1. The monoisotopic (exact) mass is 304 g/mol. The molecule has 1 unspecified atom stereocenters. The van der Waals surface area contributed by atoms with Crippen molar-refractivity contribution in [3.05, 3.63) is 24.0 Å². The fourth-order valence-electron chi connectivity index (χ4n) is 2.52. The second kappa shape index (κ2) is 5.79. The summed E-state index contributed by atoms with van der Waals surface area (Å²) >= 11 is 0. The zero-order chi connectivity index (χ0) is 15.6. The minimum Gasteiger partial charge on any atom is -0.480 e. The average Bonchev–Trinajstić information content (AvgIpc) is 2.83. The molecule has 2 heterocycles. The van der Waals surface area contributed by atoms with Crippen LogP contribution >= 0.6 is 0 Å². The van der Waals surface area contributed by atoms with E-state index in [1.54, 1.807) is 0 Å². The van der Waals surface area contributed by atoms with Gasteiger partial charge < -0.3 is 14.6 Å². The molecule has 1 N–H and O–H groups in total. The maximum atomic E-state index is 12.5. The number of hydrogen-bond acceptors (Lipinski definition) is 2. The molecular weight excluding hydrogens is 289 g/mol. The number of carbonyl (C=O) groups is 2. The summed E-state index contributed by atoms with van der Waals surface area (Å²) in [7, 11) is 0. The SMILES string of the molecule is O=C(O)C1CCCCN1C(=O)c1cccn1CC(F)(F)F. The fraction of sp³-hybridized carbons (Fsp3) is 0.538. The fourth-order valence-corrected chi connectivity index (χ4v) is 2.52. The molecule has 0 aromatic carbocycles. The molecule has 2 rings (SSSR count). The van der Waals surface area contributed by atoms with Gasteiger partial charge in [-0.3, -0.25) is 4.79 Å². The highest BCUT2D eigenvalue weighted by Crippen LogP contribution is 2.23. The van der Waals surface area contributed by atoms with E-state index in [1.807, 2.05) is 0 Å². The van der Waals surface area contributed by atoms with Crippen molar-refractivity contribution in [2.24, 2.45) is 0 Å². The summed E-state index contributed by atoms with van der Waals surface area (Å²) in [6.07, 6.45) is -1.62. The summed E-state index contributed by atoms with van der Waals surface area (Å²) in [4.78, 5) is 24.7. The van der Waals surface area contributed by atoms with Crippen molar-refractivity contribution < 1.29 is 27.9 Å². The minimum absolute atomic E-state index is 0.138. The molecule has 0 saturated carbocycles. The van der Waals surface area contributed by atoms with E-state index < -0.39 is 30.6 Å². The predicted octanol–water partition coefficient (Wildman–Crippen LogP) is 2.13. The molecule has 0 spiro atoms. The van der Waals surface area contributed by atoms with Crippen LogP contribution in [0.5, 0.6) is 0 Å². The van der Waals surface area contributed by atoms with Gasteiger partial charge >= 0.3 is 12.1 Å². The third-order valence-corrected chi connectivity index (χ3v) is 3.45. The second-order valence-electron chi connectivity index (χ2n) is 4.98. The number of aliphatic carboxylic acids is 1. The average molecular weight is 304 g/mol. The van der Waals surface area contributed by atoms with Gasteiger partial charge in [-0.15, -0.1) is 0 Å². The van der Waals surface area contributed by atoms with Crippen LogP contribution in [-0.2, 0) is 11.3 Å². The lowest BCUT2D eigenvalue weighted by Crippen LogP contribution is -2.48. The Kier molecular flexibility index (Phi) is 4.24. The van der Waals surface area contributed by atoms with Crippen LogP contribution in [0.25, 0.3) is 0 Å². The molecule has 1 fully saturated rings. The Labute approximate surface area is 119 Å². The van der Waals surface area contributed by atoms with Crippen molar-refractivity contribution >= 4 is 11.9 Å². The first kappa shape index (κ1) is 15.4. The first-order valence-corrected chi connectivity index (χ1v) is 6.55. The maximum absolute atomic E-state index is 12.5. The highest BCUT2D eigenvalue weighted by molar-refractivity contribution is 5.95. The molecular formula is C13H15F3N2O3.